The number of rotatable bonds is 5. The van der Waals surface area contributed by atoms with E-state index in [0.29, 0.717) is 0 Å². The van der Waals surface area contributed by atoms with E-state index in [1.54, 1.807) is 0 Å². The minimum atomic E-state index is 0.787. The number of aliphatic imine (C=N–C) groups is 2. The Morgan fingerprint density at radius 2 is 1.93 bits per heavy atom. The molecule has 80 valence electrons. The molecule has 0 aromatic heterocycles. The zero-order chi connectivity index (χ0) is 10.1. The van der Waals surface area contributed by atoms with E-state index in [2.05, 4.69) is 20.9 Å². The predicted octanol–water partition coefficient (Wildman–Crippen LogP) is 2.06. The number of piperidine rings is 1. The first-order valence-electron chi connectivity index (χ1n) is 5.74. The van der Waals surface area contributed by atoms with Gasteiger partial charge in [-0.3, -0.25) is 0 Å². The molecule has 1 aliphatic rings. The van der Waals surface area contributed by atoms with Gasteiger partial charge in [0.1, 0.15) is 0 Å². The van der Waals surface area contributed by atoms with Crippen LogP contribution < -0.4 is 0 Å². The van der Waals surface area contributed by atoms with Crippen LogP contribution in [0.15, 0.2) is 9.98 Å². The topological polar surface area (TPSA) is 28.0 Å². The van der Waals surface area contributed by atoms with Crippen molar-refractivity contribution in [2.75, 3.05) is 32.7 Å². The first-order valence-corrected chi connectivity index (χ1v) is 5.74. The second-order valence-electron chi connectivity index (χ2n) is 3.71. The fourth-order valence-corrected chi connectivity index (χ4v) is 1.73. The second-order valence-corrected chi connectivity index (χ2v) is 3.71. The van der Waals surface area contributed by atoms with Crippen LogP contribution in [0, 0.1) is 0 Å². The molecule has 3 heteroatoms. The Bertz CT molecular complexity index is 189. The summed E-state index contributed by atoms with van der Waals surface area (Å²) in [5.74, 6) is 0. The summed E-state index contributed by atoms with van der Waals surface area (Å²) in [6, 6.07) is 2.70. The van der Waals surface area contributed by atoms with E-state index in [0.717, 1.165) is 19.5 Å². The molecule has 1 aliphatic heterocycles. The summed E-state index contributed by atoms with van der Waals surface area (Å²) >= 11 is 0. The molecule has 0 N–H and O–H groups in total. The average Bonchev–Trinajstić information content (AvgIpc) is 2.25. The highest BCUT2D eigenvalue weighted by Gasteiger charge is 2.08. The molecule has 0 bridgehead atoms. The molecule has 1 heterocycles. The Balaban J connectivity index is 2.00. The number of likely N-dealkylation sites (tertiary alicyclic amines) is 1. The minimum absolute atomic E-state index is 0.787. The molecular formula is C11H21N3. The van der Waals surface area contributed by atoms with Gasteiger partial charge in [0.05, 0.1) is 12.6 Å². The van der Waals surface area contributed by atoms with Crippen LogP contribution in [0.3, 0.4) is 0 Å². The van der Waals surface area contributed by atoms with E-state index in [9.17, 15) is 0 Å². The van der Waals surface area contributed by atoms with Gasteiger partial charge in [0.15, 0.2) is 0 Å². The third-order valence-electron chi connectivity index (χ3n) is 2.49. The molecule has 1 fully saturated rings. The van der Waals surface area contributed by atoms with E-state index in [1.165, 1.54) is 38.9 Å². The molecule has 1 saturated heterocycles. The van der Waals surface area contributed by atoms with Crippen LogP contribution in [0.4, 0.5) is 0 Å². The van der Waals surface area contributed by atoms with Crippen LogP contribution >= 0.6 is 0 Å². The van der Waals surface area contributed by atoms with Gasteiger partial charge in [-0.2, -0.15) is 0 Å². The van der Waals surface area contributed by atoms with E-state index < -0.39 is 0 Å². The number of nitrogens with zero attached hydrogens (tertiary/aromatic N) is 3. The quantitative estimate of drug-likeness (QED) is 0.487. The SMILES string of the molecule is CCN=C=NCCCN1CCCCC1. The third-order valence-corrected chi connectivity index (χ3v) is 2.49. The van der Waals surface area contributed by atoms with Crippen LogP contribution in [0.25, 0.3) is 0 Å². The molecule has 1 rings (SSSR count). The molecule has 0 atom stereocenters. The average molecular weight is 195 g/mol. The molecule has 0 aromatic carbocycles. The molecule has 0 radical (unpaired) electrons. The van der Waals surface area contributed by atoms with E-state index in [-0.39, 0.29) is 0 Å². The fourth-order valence-electron chi connectivity index (χ4n) is 1.73. The highest BCUT2D eigenvalue weighted by Crippen LogP contribution is 2.08. The summed E-state index contributed by atoms with van der Waals surface area (Å²) in [6.07, 6.45) is 5.31. The zero-order valence-corrected chi connectivity index (χ0v) is 9.21. The van der Waals surface area contributed by atoms with Crippen LogP contribution in [0.5, 0.6) is 0 Å². The Kier molecular flexibility index (Phi) is 6.29. The number of hydrogen-bond acceptors (Lipinski definition) is 3. The van der Waals surface area contributed by atoms with Crippen molar-refractivity contribution in [1.82, 2.24) is 4.90 Å². The monoisotopic (exact) mass is 195 g/mol. The summed E-state index contributed by atoms with van der Waals surface area (Å²) in [6.45, 7) is 7.42. The maximum atomic E-state index is 4.10. The molecule has 3 nitrogen and oxygen atoms in total. The lowest BCUT2D eigenvalue weighted by Gasteiger charge is -2.25. The van der Waals surface area contributed by atoms with Gasteiger partial charge in [0.25, 0.3) is 0 Å². The van der Waals surface area contributed by atoms with Gasteiger partial charge in [0.2, 0.25) is 0 Å². The van der Waals surface area contributed by atoms with E-state index in [1.807, 2.05) is 6.92 Å². The van der Waals surface area contributed by atoms with Gasteiger partial charge < -0.3 is 4.90 Å². The van der Waals surface area contributed by atoms with Crippen LogP contribution in [0.1, 0.15) is 32.6 Å². The second kappa shape index (κ2) is 7.72. The van der Waals surface area contributed by atoms with Gasteiger partial charge >= 0.3 is 0 Å². The largest absolute Gasteiger partial charge is 0.303 e. The normalized spacial score (nSPS) is 17.5. The lowest BCUT2D eigenvalue weighted by Crippen LogP contribution is -2.30. The first kappa shape index (κ1) is 11.4. The maximum absolute atomic E-state index is 4.10. The van der Waals surface area contributed by atoms with E-state index in [4.69, 9.17) is 0 Å². The van der Waals surface area contributed by atoms with Crippen molar-refractivity contribution in [2.24, 2.45) is 9.98 Å². The van der Waals surface area contributed by atoms with Gasteiger partial charge in [-0.15, -0.1) is 0 Å². The van der Waals surface area contributed by atoms with Gasteiger partial charge in [-0.05, 0) is 45.8 Å². The van der Waals surface area contributed by atoms with Crippen molar-refractivity contribution in [1.29, 1.82) is 0 Å². The summed E-state index contributed by atoms with van der Waals surface area (Å²) in [4.78, 5) is 10.6. The van der Waals surface area contributed by atoms with Crippen molar-refractivity contribution < 1.29 is 0 Å². The van der Waals surface area contributed by atoms with Crippen molar-refractivity contribution in [3.8, 4) is 0 Å². The molecule has 0 aromatic rings. The highest BCUT2D eigenvalue weighted by molar-refractivity contribution is 5.40. The Morgan fingerprint density at radius 1 is 1.14 bits per heavy atom. The molecule has 14 heavy (non-hydrogen) atoms. The number of hydrogen-bond donors (Lipinski definition) is 0. The first-order chi connectivity index (χ1) is 6.93. The summed E-state index contributed by atoms with van der Waals surface area (Å²) in [5.41, 5.74) is 0. The van der Waals surface area contributed by atoms with Gasteiger partial charge in [0, 0.05) is 6.54 Å². The molecule has 0 aliphatic carbocycles. The zero-order valence-electron chi connectivity index (χ0n) is 9.21. The third kappa shape index (κ3) is 5.15. The van der Waals surface area contributed by atoms with Gasteiger partial charge in [-0.1, -0.05) is 6.42 Å². The Hall–Kier alpha value is -0.660. The summed E-state index contributed by atoms with van der Waals surface area (Å²) in [7, 11) is 0. The molecule has 0 amide bonds. The molecular weight excluding hydrogens is 174 g/mol. The van der Waals surface area contributed by atoms with Crippen LogP contribution in [0.2, 0.25) is 0 Å². The van der Waals surface area contributed by atoms with Crippen molar-refractivity contribution >= 4 is 6.01 Å². The van der Waals surface area contributed by atoms with Crippen LogP contribution in [-0.2, 0) is 0 Å². The van der Waals surface area contributed by atoms with Crippen molar-refractivity contribution in [2.45, 2.75) is 32.6 Å². The Labute approximate surface area is 86.9 Å². The fraction of sp³-hybridized carbons (Fsp3) is 0.909. The van der Waals surface area contributed by atoms with Crippen LogP contribution in [-0.4, -0.2) is 43.6 Å². The summed E-state index contributed by atoms with van der Waals surface area (Å²) < 4.78 is 0. The van der Waals surface area contributed by atoms with E-state index >= 15 is 0 Å². The molecule has 0 unspecified atom stereocenters. The summed E-state index contributed by atoms with van der Waals surface area (Å²) in [5, 5.41) is 0. The standard InChI is InChI=1S/C11H21N3/c1-2-12-11-13-7-6-10-14-8-4-3-5-9-14/h2-10H2,1H3. The van der Waals surface area contributed by atoms with Crippen molar-refractivity contribution in [3.63, 3.8) is 0 Å². The lowest BCUT2D eigenvalue weighted by atomic mass is 10.1. The molecule has 0 spiro atoms. The highest BCUT2D eigenvalue weighted by atomic mass is 15.1. The van der Waals surface area contributed by atoms with Crippen molar-refractivity contribution in [3.05, 3.63) is 0 Å². The lowest BCUT2D eigenvalue weighted by molar-refractivity contribution is 0.228. The maximum Gasteiger partial charge on any atom is 0.0892 e. The molecule has 0 saturated carbocycles. The van der Waals surface area contributed by atoms with Gasteiger partial charge in [-0.25, -0.2) is 9.98 Å². The predicted molar refractivity (Wildman–Crippen MR) is 60.2 cm³/mol. The Morgan fingerprint density at radius 3 is 2.64 bits per heavy atom. The minimum Gasteiger partial charge on any atom is -0.303 e. The smallest absolute Gasteiger partial charge is 0.0892 e.